The molecule has 1 aromatic rings. The Morgan fingerprint density at radius 2 is 2.16 bits per heavy atom. The second-order valence-electron chi connectivity index (χ2n) is 4.89. The van der Waals surface area contributed by atoms with Gasteiger partial charge in [0.2, 0.25) is 0 Å². The van der Waals surface area contributed by atoms with E-state index in [1.54, 1.807) is 12.1 Å². The van der Waals surface area contributed by atoms with Crippen molar-refractivity contribution in [3.63, 3.8) is 0 Å². The quantitative estimate of drug-likeness (QED) is 0.655. The van der Waals surface area contributed by atoms with Crippen LogP contribution < -0.4 is 10.1 Å². The van der Waals surface area contributed by atoms with E-state index in [0.29, 0.717) is 18.3 Å². The number of nitro benzene ring substituents is 1. The van der Waals surface area contributed by atoms with Crippen LogP contribution >= 0.6 is 0 Å². The van der Waals surface area contributed by atoms with Crippen molar-refractivity contribution in [1.29, 1.82) is 0 Å². The predicted molar refractivity (Wildman–Crippen MR) is 73.6 cm³/mol. The topological polar surface area (TPSA) is 64.4 Å². The van der Waals surface area contributed by atoms with Gasteiger partial charge in [0.25, 0.3) is 0 Å². The van der Waals surface area contributed by atoms with Gasteiger partial charge in [0, 0.05) is 6.07 Å². The molecule has 0 aliphatic carbocycles. The number of nitrogens with one attached hydrogen (secondary N) is 1. The highest BCUT2D eigenvalue weighted by Gasteiger charge is 2.18. The second kappa shape index (κ2) is 6.52. The van der Waals surface area contributed by atoms with E-state index >= 15 is 0 Å². The normalized spacial score (nSPS) is 16.3. The van der Waals surface area contributed by atoms with Gasteiger partial charge in [0.15, 0.2) is 5.75 Å². The molecule has 0 atom stereocenters. The first kappa shape index (κ1) is 13.8. The van der Waals surface area contributed by atoms with Gasteiger partial charge in [-0.1, -0.05) is 6.07 Å². The minimum atomic E-state index is -0.364. The summed E-state index contributed by atoms with van der Waals surface area (Å²) in [5, 5.41) is 14.4. The Hall–Kier alpha value is -1.62. The number of hydrogen-bond donors (Lipinski definition) is 1. The first-order valence-corrected chi connectivity index (χ1v) is 6.81. The van der Waals surface area contributed by atoms with Crippen LogP contribution in [0.25, 0.3) is 0 Å². The van der Waals surface area contributed by atoms with Gasteiger partial charge in [-0.2, -0.15) is 0 Å². The highest BCUT2D eigenvalue weighted by molar-refractivity contribution is 5.48. The number of rotatable bonds is 5. The van der Waals surface area contributed by atoms with Gasteiger partial charge in [-0.15, -0.1) is 0 Å². The zero-order valence-corrected chi connectivity index (χ0v) is 11.2. The van der Waals surface area contributed by atoms with Crippen molar-refractivity contribution in [3.05, 3.63) is 33.9 Å². The van der Waals surface area contributed by atoms with Gasteiger partial charge in [-0.05, 0) is 56.8 Å². The highest BCUT2D eigenvalue weighted by Crippen LogP contribution is 2.29. The molecule has 5 heteroatoms. The van der Waals surface area contributed by atoms with Crippen LogP contribution in [-0.2, 0) is 6.42 Å². The largest absolute Gasteiger partial charge is 0.487 e. The van der Waals surface area contributed by atoms with Crippen LogP contribution in [0.2, 0.25) is 0 Å². The van der Waals surface area contributed by atoms with Gasteiger partial charge < -0.3 is 10.1 Å². The summed E-state index contributed by atoms with van der Waals surface area (Å²) in [5.74, 6) is 0.986. The van der Waals surface area contributed by atoms with Crippen LogP contribution in [0.3, 0.4) is 0 Å². The summed E-state index contributed by atoms with van der Waals surface area (Å²) in [4.78, 5) is 10.7. The van der Waals surface area contributed by atoms with E-state index < -0.39 is 0 Å². The molecule has 0 radical (unpaired) electrons. The molecule has 1 aliphatic rings. The highest BCUT2D eigenvalue weighted by atomic mass is 16.6. The molecule has 0 unspecified atom stereocenters. The first-order chi connectivity index (χ1) is 9.20. The number of hydrogen-bond acceptors (Lipinski definition) is 4. The number of benzene rings is 1. The fraction of sp³-hybridized carbons (Fsp3) is 0.571. The molecule has 0 spiro atoms. The fourth-order valence-corrected chi connectivity index (χ4v) is 2.53. The number of ether oxygens (including phenoxy) is 1. The number of nitrogens with zero attached hydrogens (tertiary/aromatic N) is 1. The lowest BCUT2D eigenvalue weighted by molar-refractivity contribution is -0.385. The Kier molecular flexibility index (Phi) is 4.74. The summed E-state index contributed by atoms with van der Waals surface area (Å²) in [6.07, 6.45) is 3.19. The molecule has 0 saturated carbocycles. The zero-order chi connectivity index (χ0) is 13.7. The second-order valence-corrected chi connectivity index (χ2v) is 4.89. The maximum absolute atomic E-state index is 11.1. The Labute approximate surface area is 113 Å². The van der Waals surface area contributed by atoms with E-state index in [2.05, 4.69) is 5.32 Å². The fourth-order valence-electron chi connectivity index (χ4n) is 2.53. The van der Waals surface area contributed by atoms with Crippen LogP contribution in [0.15, 0.2) is 18.2 Å². The van der Waals surface area contributed by atoms with Crippen molar-refractivity contribution in [1.82, 2.24) is 5.32 Å². The van der Waals surface area contributed by atoms with Gasteiger partial charge >= 0.3 is 5.69 Å². The Balaban J connectivity index is 2.12. The third-order valence-electron chi connectivity index (χ3n) is 3.50. The van der Waals surface area contributed by atoms with Crippen molar-refractivity contribution in [2.24, 2.45) is 5.92 Å². The van der Waals surface area contributed by atoms with E-state index in [4.69, 9.17) is 4.74 Å². The molecule has 1 aliphatic heterocycles. The maximum atomic E-state index is 11.1. The molecule has 1 aromatic carbocycles. The summed E-state index contributed by atoms with van der Waals surface area (Å²) < 4.78 is 5.29. The van der Waals surface area contributed by atoms with Crippen molar-refractivity contribution in [2.75, 3.05) is 19.7 Å². The van der Waals surface area contributed by atoms with Crippen molar-refractivity contribution in [3.8, 4) is 5.75 Å². The van der Waals surface area contributed by atoms with E-state index in [1.807, 2.05) is 13.0 Å². The van der Waals surface area contributed by atoms with Crippen LogP contribution in [-0.4, -0.2) is 24.6 Å². The molecule has 1 fully saturated rings. The third kappa shape index (κ3) is 3.67. The Morgan fingerprint density at radius 1 is 1.42 bits per heavy atom. The molecular formula is C14H20N2O3. The SMILES string of the molecule is CCOc1ccc(CC2CCNCC2)cc1[N+](=O)[O-]. The zero-order valence-electron chi connectivity index (χ0n) is 11.2. The summed E-state index contributed by atoms with van der Waals surface area (Å²) in [6.45, 7) is 4.36. The molecule has 1 saturated heterocycles. The summed E-state index contributed by atoms with van der Waals surface area (Å²) in [5.41, 5.74) is 1.11. The molecule has 1 heterocycles. The van der Waals surface area contributed by atoms with Crippen molar-refractivity contribution < 1.29 is 9.66 Å². The summed E-state index contributed by atoms with van der Waals surface area (Å²) >= 11 is 0. The van der Waals surface area contributed by atoms with Gasteiger partial charge in [0.1, 0.15) is 0 Å². The maximum Gasteiger partial charge on any atom is 0.311 e. The number of piperidine rings is 1. The van der Waals surface area contributed by atoms with Gasteiger partial charge in [0.05, 0.1) is 11.5 Å². The van der Waals surface area contributed by atoms with Crippen LogP contribution in [0.4, 0.5) is 5.69 Å². The average molecular weight is 264 g/mol. The van der Waals surface area contributed by atoms with Gasteiger partial charge in [-0.25, -0.2) is 0 Å². The summed E-state index contributed by atoms with van der Waals surface area (Å²) in [6, 6.07) is 5.32. The molecule has 1 N–H and O–H groups in total. The lowest BCUT2D eigenvalue weighted by Crippen LogP contribution is -2.28. The molecule has 0 bridgehead atoms. The van der Waals surface area contributed by atoms with E-state index in [0.717, 1.165) is 37.9 Å². The Bertz CT molecular complexity index is 442. The first-order valence-electron chi connectivity index (χ1n) is 6.81. The van der Waals surface area contributed by atoms with E-state index in [1.165, 1.54) is 0 Å². The van der Waals surface area contributed by atoms with Crippen molar-refractivity contribution >= 4 is 5.69 Å². The molecule has 0 aromatic heterocycles. The molecule has 19 heavy (non-hydrogen) atoms. The lowest BCUT2D eigenvalue weighted by Gasteiger charge is -2.22. The predicted octanol–water partition coefficient (Wildman–Crippen LogP) is 2.54. The lowest BCUT2D eigenvalue weighted by atomic mass is 9.91. The average Bonchev–Trinajstić information content (AvgIpc) is 2.42. The third-order valence-corrected chi connectivity index (χ3v) is 3.50. The van der Waals surface area contributed by atoms with Crippen LogP contribution in [0.1, 0.15) is 25.3 Å². The van der Waals surface area contributed by atoms with E-state index in [-0.39, 0.29) is 10.6 Å². The molecule has 104 valence electrons. The van der Waals surface area contributed by atoms with Gasteiger partial charge in [-0.3, -0.25) is 10.1 Å². The smallest absolute Gasteiger partial charge is 0.311 e. The summed E-state index contributed by atoms with van der Waals surface area (Å²) in [7, 11) is 0. The molecule has 0 amide bonds. The minimum Gasteiger partial charge on any atom is -0.487 e. The van der Waals surface area contributed by atoms with Crippen LogP contribution in [0.5, 0.6) is 5.75 Å². The minimum absolute atomic E-state index is 0.0771. The monoisotopic (exact) mass is 264 g/mol. The van der Waals surface area contributed by atoms with Crippen molar-refractivity contribution in [2.45, 2.75) is 26.2 Å². The molecule has 5 nitrogen and oxygen atoms in total. The van der Waals surface area contributed by atoms with E-state index in [9.17, 15) is 10.1 Å². The molecule has 2 rings (SSSR count). The standard InChI is InChI=1S/C14H20N2O3/c1-2-19-14-4-3-12(10-13(14)16(17)18)9-11-5-7-15-8-6-11/h3-4,10-11,15H,2,5-9H2,1H3. The number of nitro groups is 1. The van der Waals surface area contributed by atoms with Crippen LogP contribution in [0, 0.1) is 16.0 Å². The molecular weight excluding hydrogens is 244 g/mol. The Morgan fingerprint density at radius 3 is 2.79 bits per heavy atom.